The third kappa shape index (κ3) is 1.46. The summed E-state index contributed by atoms with van der Waals surface area (Å²) in [6.07, 6.45) is 6.21. The summed E-state index contributed by atoms with van der Waals surface area (Å²) < 4.78 is 0. The Morgan fingerprint density at radius 2 is 2.44 bits per heavy atom. The summed E-state index contributed by atoms with van der Waals surface area (Å²) in [5.74, 6) is 0.782. The van der Waals surface area contributed by atoms with Crippen LogP contribution in [-0.4, -0.2) is 0 Å². The molecule has 0 radical (unpaired) electrons. The van der Waals surface area contributed by atoms with Crippen LogP contribution in [0.1, 0.15) is 33.1 Å². The highest BCUT2D eigenvalue weighted by atomic mass is 14.1. The molecule has 1 unspecified atom stereocenters. The number of unbranched alkanes of at least 4 members (excludes halogenated alkanes) is 1. The van der Waals surface area contributed by atoms with Gasteiger partial charge >= 0.3 is 0 Å². The van der Waals surface area contributed by atoms with E-state index in [1.54, 1.807) is 0 Å². The third-order valence-electron chi connectivity index (χ3n) is 1.94. The standard InChI is InChI=1S/C9H14/c1-3-4-5-9-7-6-8(9)2/h7,9H,3-5H2,1-2H3. The maximum atomic E-state index is 3.16. The second-order valence-corrected chi connectivity index (χ2v) is 2.74. The Balaban J connectivity index is 2.13. The highest BCUT2D eigenvalue weighted by molar-refractivity contribution is 5.19. The molecule has 9 heavy (non-hydrogen) atoms. The van der Waals surface area contributed by atoms with Gasteiger partial charge in [-0.2, -0.15) is 0 Å². The van der Waals surface area contributed by atoms with E-state index in [0.717, 1.165) is 5.92 Å². The molecule has 0 amide bonds. The fourth-order valence-corrected chi connectivity index (χ4v) is 1.09. The summed E-state index contributed by atoms with van der Waals surface area (Å²) in [7, 11) is 0. The molecule has 1 atom stereocenters. The average Bonchev–Trinajstić information content (AvgIpc) is 1.86. The van der Waals surface area contributed by atoms with Gasteiger partial charge in [-0.25, -0.2) is 0 Å². The molecule has 0 aromatic rings. The Hall–Kier alpha value is -0.480. The molecule has 1 rings (SSSR count). The molecule has 0 fully saturated rings. The Morgan fingerprint density at radius 3 is 2.78 bits per heavy atom. The van der Waals surface area contributed by atoms with Gasteiger partial charge in [0.15, 0.2) is 0 Å². The Morgan fingerprint density at radius 1 is 1.67 bits per heavy atom. The molecule has 0 heteroatoms. The first-order valence-electron chi connectivity index (χ1n) is 3.78. The summed E-state index contributed by atoms with van der Waals surface area (Å²) >= 11 is 0. The Labute approximate surface area is 57.3 Å². The lowest BCUT2D eigenvalue weighted by atomic mass is 9.89. The summed E-state index contributed by atoms with van der Waals surface area (Å²) in [5.41, 5.74) is 4.61. The van der Waals surface area contributed by atoms with Crippen LogP contribution in [0.3, 0.4) is 0 Å². The van der Waals surface area contributed by atoms with E-state index in [-0.39, 0.29) is 0 Å². The smallest absolute Gasteiger partial charge is 0.0126 e. The van der Waals surface area contributed by atoms with Gasteiger partial charge < -0.3 is 0 Å². The van der Waals surface area contributed by atoms with Crippen LogP contribution in [0.4, 0.5) is 0 Å². The molecule has 0 heterocycles. The molecular weight excluding hydrogens is 108 g/mol. The van der Waals surface area contributed by atoms with Gasteiger partial charge in [0.1, 0.15) is 0 Å². The van der Waals surface area contributed by atoms with Crippen molar-refractivity contribution in [2.75, 3.05) is 0 Å². The van der Waals surface area contributed by atoms with E-state index in [4.69, 9.17) is 0 Å². The van der Waals surface area contributed by atoms with Crippen LogP contribution in [0.15, 0.2) is 17.4 Å². The van der Waals surface area contributed by atoms with E-state index in [2.05, 4.69) is 25.7 Å². The SMILES string of the molecule is CCCCC1C=C=C1C. The van der Waals surface area contributed by atoms with Crippen molar-refractivity contribution >= 4 is 0 Å². The van der Waals surface area contributed by atoms with E-state index in [1.165, 1.54) is 24.8 Å². The minimum Gasteiger partial charge on any atom is -0.125 e. The van der Waals surface area contributed by atoms with Gasteiger partial charge in [0.05, 0.1) is 0 Å². The first kappa shape index (κ1) is 6.64. The second kappa shape index (κ2) is 2.89. The molecule has 0 nitrogen and oxygen atoms in total. The number of allylic oxidation sites excluding steroid dienone is 1. The highest BCUT2D eigenvalue weighted by Gasteiger charge is 2.10. The van der Waals surface area contributed by atoms with Crippen LogP contribution in [0.25, 0.3) is 0 Å². The van der Waals surface area contributed by atoms with Crippen molar-refractivity contribution in [3.63, 3.8) is 0 Å². The van der Waals surface area contributed by atoms with E-state index in [1.807, 2.05) is 0 Å². The summed E-state index contributed by atoms with van der Waals surface area (Å²) in [4.78, 5) is 0. The molecule has 0 aromatic heterocycles. The van der Waals surface area contributed by atoms with E-state index in [9.17, 15) is 0 Å². The molecule has 0 saturated carbocycles. The van der Waals surface area contributed by atoms with Gasteiger partial charge in [0, 0.05) is 5.92 Å². The molecule has 0 saturated heterocycles. The third-order valence-corrected chi connectivity index (χ3v) is 1.94. The largest absolute Gasteiger partial charge is 0.125 e. The molecule has 1 aliphatic rings. The number of hydrogen-bond acceptors (Lipinski definition) is 0. The van der Waals surface area contributed by atoms with Crippen molar-refractivity contribution in [3.05, 3.63) is 17.4 Å². The van der Waals surface area contributed by atoms with Gasteiger partial charge in [-0.3, -0.25) is 0 Å². The van der Waals surface area contributed by atoms with Crippen LogP contribution in [0, 0.1) is 5.92 Å². The predicted octanol–water partition coefficient (Wildman–Crippen LogP) is 2.91. The molecule has 0 bridgehead atoms. The van der Waals surface area contributed by atoms with Crippen molar-refractivity contribution in [1.29, 1.82) is 0 Å². The topological polar surface area (TPSA) is 0 Å². The average molecular weight is 122 g/mol. The van der Waals surface area contributed by atoms with Crippen molar-refractivity contribution in [1.82, 2.24) is 0 Å². The summed E-state index contributed by atoms with van der Waals surface area (Å²) in [5, 5.41) is 0. The number of rotatable bonds is 3. The Kier molecular flexibility index (Phi) is 2.13. The van der Waals surface area contributed by atoms with Crippen LogP contribution >= 0.6 is 0 Å². The van der Waals surface area contributed by atoms with E-state index in [0.29, 0.717) is 0 Å². The zero-order valence-electron chi connectivity index (χ0n) is 6.28. The fourth-order valence-electron chi connectivity index (χ4n) is 1.09. The van der Waals surface area contributed by atoms with Crippen molar-refractivity contribution in [2.45, 2.75) is 33.1 Å². The monoisotopic (exact) mass is 122 g/mol. The minimum atomic E-state index is 0.782. The minimum absolute atomic E-state index is 0.782. The predicted molar refractivity (Wildman–Crippen MR) is 40.3 cm³/mol. The molecule has 0 aliphatic heterocycles. The summed E-state index contributed by atoms with van der Waals surface area (Å²) in [6, 6.07) is 0. The normalized spacial score (nSPS) is 23.3. The van der Waals surface area contributed by atoms with Crippen LogP contribution in [0.5, 0.6) is 0 Å². The second-order valence-electron chi connectivity index (χ2n) is 2.74. The lowest BCUT2D eigenvalue weighted by molar-refractivity contribution is 0.603. The molecular formula is C9H14. The van der Waals surface area contributed by atoms with Crippen molar-refractivity contribution in [3.8, 4) is 0 Å². The quantitative estimate of drug-likeness (QED) is 0.505. The maximum Gasteiger partial charge on any atom is 0.0126 e. The lowest BCUT2D eigenvalue weighted by Gasteiger charge is -2.15. The van der Waals surface area contributed by atoms with Crippen LogP contribution in [-0.2, 0) is 0 Å². The van der Waals surface area contributed by atoms with Crippen LogP contribution < -0.4 is 0 Å². The lowest BCUT2D eigenvalue weighted by Crippen LogP contribution is -2.02. The molecule has 50 valence electrons. The van der Waals surface area contributed by atoms with Gasteiger partial charge in [-0.1, -0.05) is 19.8 Å². The molecule has 1 aliphatic carbocycles. The Bertz CT molecular complexity index is 147. The van der Waals surface area contributed by atoms with Crippen molar-refractivity contribution in [2.24, 2.45) is 5.92 Å². The first-order valence-corrected chi connectivity index (χ1v) is 3.78. The fraction of sp³-hybridized carbons (Fsp3) is 0.667. The van der Waals surface area contributed by atoms with Gasteiger partial charge in [-0.05, 0) is 25.0 Å². The van der Waals surface area contributed by atoms with Crippen LogP contribution in [0.2, 0.25) is 0 Å². The van der Waals surface area contributed by atoms with E-state index >= 15 is 0 Å². The number of hydrogen-bond donors (Lipinski definition) is 0. The zero-order chi connectivity index (χ0) is 6.69. The maximum absolute atomic E-state index is 3.16. The van der Waals surface area contributed by atoms with E-state index < -0.39 is 0 Å². The molecule has 0 N–H and O–H groups in total. The highest BCUT2D eigenvalue weighted by Crippen LogP contribution is 2.23. The zero-order valence-corrected chi connectivity index (χ0v) is 6.28. The van der Waals surface area contributed by atoms with Crippen molar-refractivity contribution < 1.29 is 0 Å². The summed E-state index contributed by atoms with van der Waals surface area (Å²) in [6.45, 7) is 4.40. The molecule has 0 spiro atoms. The van der Waals surface area contributed by atoms with Gasteiger partial charge in [-0.15, -0.1) is 5.73 Å². The first-order chi connectivity index (χ1) is 4.34. The van der Waals surface area contributed by atoms with Gasteiger partial charge in [0.25, 0.3) is 0 Å². The van der Waals surface area contributed by atoms with Gasteiger partial charge in [0.2, 0.25) is 0 Å². The molecule has 0 aromatic carbocycles.